The quantitative estimate of drug-likeness (QED) is 0.845. The molecule has 0 aliphatic carbocycles. The van der Waals surface area contributed by atoms with E-state index in [9.17, 15) is 0 Å². The summed E-state index contributed by atoms with van der Waals surface area (Å²) < 4.78 is 5.02. The molecule has 3 N–H and O–H groups in total. The number of nitrogens with zero attached hydrogens (tertiary/aromatic N) is 2. The molecule has 0 radical (unpaired) electrons. The Morgan fingerprint density at radius 1 is 1.50 bits per heavy atom. The zero-order valence-corrected chi connectivity index (χ0v) is 9.05. The van der Waals surface area contributed by atoms with E-state index in [1.165, 1.54) is 0 Å². The molecule has 1 unspecified atom stereocenters. The lowest BCUT2D eigenvalue weighted by Gasteiger charge is -1.98. The van der Waals surface area contributed by atoms with Crippen LogP contribution in [0.5, 0.6) is 0 Å². The van der Waals surface area contributed by atoms with Crippen LogP contribution in [0.25, 0.3) is 11.5 Å². The molecule has 0 amide bonds. The predicted octanol–water partition coefficient (Wildman–Crippen LogP) is 1.38. The Kier molecular flexibility index (Phi) is 3.19. The smallest absolute Gasteiger partial charge is 0.258 e. The van der Waals surface area contributed by atoms with Gasteiger partial charge in [-0.3, -0.25) is 0 Å². The second-order valence-corrected chi connectivity index (χ2v) is 3.69. The maximum Gasteiger partial charge on any atom is 0.258 e. The van der Waals surface area contributed by atoms with E-state index >= 15 is 0 Å². The molecule has 0 bridgehead atoms. The van der Waals surface area contributed by atoms with Crippen molar-refractivity contribution in [2.45, 2.75) is 6.04 Å². The molecular weight excluding hydrogens is 230 g/mol. The van der Waals surface area contributed by atoms with Crippen molar-refractivity contribution in [1.82, 2.24) is 10.1 Å². The van der Waals surface area contributed by atoms with Crippen molar-refractivity contribution in [3.05, 3.63) is 35.1 Å². The van der Waals surface area contributed by atoms with Gasteiger partial charge in [0.2, 0.25) is 0 Å². The summed E-state index contributed by atoms with van der Waals surface area (Å²) in [5, 5.41) is 13.1. The van der Waals surface area contributed by atoms with Crippen LogP contribution in [0.4, 0.5) is 0 Å². The molecule has 0 saturated heterocycles. The molecule has 2 rings (SSSR count). The van der Waals surface area contributed by atoms with Crippen molar-refractivity contribution >= 4 is 11.6 Å². The van der Waals surface area contributed by atoms with Crippen molar-refractivity contribution in [3.63, 3.8) is 0 Å². The summed E-state index contributed by atoms with van der Waals surface area (Å²) in [5.74, 6) is 0.610. The Morgan fingerprint density at radius 2 is 2.31 bits per heavy atom. The molecule has 2 aromatic rings. The number of aliphatic hydroxyl groups is 1. The van der Waals surface area contributed by atoms with Gasteiger partial charge in [-0.1, -0.05) is 22.8 Å². The number of aromatic nitrogens is 2. The van der Waals surface area contributed by atoms with Gasteiger partial charge in [-0.2, -0.15) is 4.98 Å². The van der Waals surface area contributed by atoms with Crippen molar-refractivity contribution in [3.8, 4) is 11.5 Å². The lowest BCUT2D eigenvalue weighted by Crippen LogP contribution is -2.15. The van der Waals surface area contributed by atoms with Crippen LogP contribution in [-0.2, 0) is 0 Å². The van der Waals surface area contributed by atoms with Crippen LogP contribution < -0.4 is 5.73 Å². The molecule has 1 aromatic heterocycles. The van der Waals surface area contributed by atoms with Gasteiger partial charge < -0.3 is 15.4 Å². The van der Waals surface area contributed by atoms with Crippen LogP contribution in [0, 0.1) is 0 Å². The van der Waals surface area contributed by atoms with Gasteiger partial charge >= 0.3 is 0 Å². The summed E-state index contributed by atoms with van der Waals surface area (Å²) in [5.41, 5.74) is 6.27. The lowest BCUT2D eigenvalue weighted by atomic mass is 10.2. The van der Waals surface area contributed by atoms with Gasteiger partial charge in [-0.15, -0.1) is 0 Å². The van der Waals surface area contributed by atoms with Gasteiger partial charge in [0, 0.05) is 10.6 Å². The summed E-state index contributed by atoms with van der Waals surface area (Å²) in [4.78, 5) is 4.07. The second kappa shape index (κ2) is 4.61. The summed E-state index contributed by atoms with van der Waals surface area (Å²) >= 11 is 5.84. The number of benzene rings is 1. The van der Waals surface area contributed by atoms with Crippen molar-refractivity contribution in [1.29, 1.82) is 0 Å². The third kappa shape index (κ3) is 2.21. The molecule has 6 heteroatoms. The van der Waals surface area contributed by atoms with Crippen LogP contribution >= 0.6 is 11.6 Å². The van der Waals surface area contributed by atoms with E-state index in [4.69, 9.17) is 27.0 Å². The van der Waals surface area contributed by atoms with E-state index in [0.717, 1.165) is 5.56 Å². The summed E-state index contributed by atoms with van der Waals surface area (Å²) in [6.45, 7) is -0.228. The molecule has 16 heavy (non-hydrogen) atoms. The van der Waals surface area contributed by atoms with E-state index in [-0.39, 0.29) is 12.4 Å². The van der Waals surface area contributed by atoms with Gasteiger partial charge in [0.1, 0.15) is 0 Å². The number of hydrogen-bond acceptors (Lipinski definition) is 5. The number of halogens is 1. The number of aliphatic hydroxyl groups excluding tert-OH is 1. The zero-order chi connectivity index (χ0) is 11.5. The number of nitrogens with two attached hydrogens (primary N) is 1. The van der Waals surface area contributed by atoms with Crippen molar-refractivity contribution in [2.75, 3.05) is 6.61 Å². The average molecular weight is 240 g/mol. The fourth-order valence-electron chi connectivity index (χ4n) is 1.21. The van der Waals surface area contributed by atoms with E-state index < -0.39 is 6.04 Å². The summed E-state index contributed by atoms with van der Waals surface area (Å²) in [6, 6.07) is 6.42. The number of hydrogen-bond donors (Lipinski definition) is 2. The highest BCUT2D eigenvalue weighted by Gasteiger charge is 2.14. The van der Waals surface area contributed by atoms with Crippen LogP contribution in [0.1, 0.15) is 11.9 Å². The molecule has 0 fully saturated rings. The molecule has 1 aromatic carbocycles. The molecule has 0 spiro atoms. The Bertz CT molecular complexity index is 486. The topological polar surface area (TPSA) is 85.2 Å². The largest absolute Gasteiger partial charge is 0.394 e. The molecule has 84 valence electrons. The summed E-state index contributed by atoms with van der Waals surface area (Å²) in [7, 11) is 0. The average Bonchev–Trinajstić information content (AvgIpc) is 2.77. The first-order valence-electron chi connectivity index (χ1n) is 4.66. The molecule has 0 saturated carbocycles. The van der Waals surface area contributed by atoms with Gasteiger partial charge in [-0.05, 0) is 18.2 Å². The second-order valence-electron chi connectivity index (χ2n) is 3.26. The Hall–Kier alpha value is -1.43. The Morgan fingerprint density at radius 3 is 3.00 bits per heavy atom. The van der Waals surface area contributed by atoms with Crippen LogP contribution in [0.15, 0.2) is 28.8 Å². The number of rotatable bonds is 3. The normalized spacial score (nSPS) is 12.7. The molecule has 0 aliphatic rings. The Balaban J connectivity index is 2.31. The van der Waals surface area contributed by atoms with Crippen LogP contribution in [0.3, 0.4) is 0 Å². The first-order chi connectivity index (χ1) is 7.70. The summed E-state index contributed by atoms with van der Waals surface area (Å²) in [6.07, 6.45) is 0. The molecule has 0 aliphatic heterocycles. The zero-order valence-electron chi connectivity index (χ0n) is 8.30. The van der Waals surface area contributed by atoms with E-state index in [1.54, 1.807) is 24.3 Å². The highest BCUT2D eigenvalue weighted by molar-refractivity contribution is 6.30. The first-order valence-corrected chi connectivity index (χ1v) is 5.04. The molecule has 1 atom stereocenters. The van der Waals surface area contributed by atoms with Crippen LogP contribution in [-0.4, -0.2) is 21.9 Å². The van der Waals surface area contributed by atoms with Crippen molar-refractivity contribution < 1.29 is 9.63 Å². The predicted molar refractivity (Wildman–Crippen MR) is 58.8 cm³/mol. The van der Waals surface area contributed by atoms with E-state index in [1.807, 2.05) is 0 Å². The van der Waals surface area contributed by atoms with Gasteiger partial charge in [-0.25, -0.2) is 0 Å². The standard InChI is InChI=1S/C10H10ClN3O2/c11-7-3-1-2-6(4-7)10-13-9(14-16-10)8(12)5-15/h1-4,8,15H,5,12H2. The van der Waals surface area contributed by atoms with Gasteiger partial charge in [0.05, 0.1) is 12.6 Å². The fourth-order valence-corrected chi connectivity index (χ4v) is 1.40. The van der Waals surface area contributed by atoms with Gasteiger partial charge in [0.25, 0.3) is 5.89 Å². The van der Waals surface area contributed by atoms with Crippen molar-refractivity contribution in [2.24, 2.45) is 5.73 Å². The minimum Gasteiger partial charge on any atom is -0.394 e. The molecular formula is C10H10ClN3O2. The van der Waals surface area contributed by atoms with E-state index in [2.05, 4.69) is 10.1 Å². The SMILES string of the molecule is NC(CO)c1noc(-c2cccc(Cl)c2)n1. The highest BCUT2D eigenvalue weighted by atomic mass is 35.5. The minimum absolute atomic E-state index is 0.228. The highest BCUT2D eigenvalue weighted by Crippen LogP contribution is 2.21. The maximum atomic E-state index is 8.84. The first kappa shape index (κ1) is 11.1. The third-order valence-corrected chi connectivity index (χ3v) is 2.28. The van der Waals surface area contributed by atoms with Crippen LogP contribution in [0.2, 0.25) is 5.02 Å². The fraction of sp³-hybridized carbons (Fsp3) is 0.200. The third-order valence-electron chi connectivity index (χ3n) is 2.04. The maximum absolute atomic E-state index is 8.84. The molecule has 5 nitrogen and oxygen atoms in total. The molecule has 1 heterocycles. The minimum atomic E-state index is -0.628. The monoisotopic (exact) mass is 239 g/mol. The Labute approximate surface area is 96.8 Å². The lowest BCUT2D eigenvalue weighted by molar-refractivity contribution is 0.260. The van der Waals surface area contributed by atoms with E-state index in [0.29, 0.717) is 10.9 Å². The van der Waals surface area contributed by atoms with Gasteiger partial charge in [0.15, 0.2) is 5.82 Å².